The van der Waals surface area contributed by atoms with E-state index in [1.807, 2.05) is 37.3 Å². The third-order valence-electron chi connectivity index (χ3n) is 4.01. The molecule has 0 saturated heterocycles. The fourth-order valence-corrected chi connectivity index (χ4v) is 2.63. The lowest BCUT2D eigenvalue weighted by Crippen LogP contribution is -2.23. The molecular weight excluding hydrogens is 276 g/mol. The van der Waals surface area contributed by atoms with Gasteiger partial charge in [-0.15, -0.1) is 0 Å². The van der Waals surface area contributed by atoms with E-state index < -0.39 is 11.6 Å². The number of rotatable bonds is 0. The maximum Gasteiger partial charge on any atom is 0.237 e. The summed E-state index contributed by atoms with van der Waals surface area (Å²) in [7, 11) is 0. The average molecular weight is 292 g/mol. The van der Waals surface area contributed by atoms with Crippen LogP contribution in [0.2, 0.25) is 0 Å². The summed E-state index contributed by atoms with van der Waals surface area (Å²) in [5.74, 6) is -0.450. The van der Waals surface area contributed by atoms with Gasteiger partial charge in [0.15, 0.2) is 0 Å². The molecule has 2 aliphatic carbocycles. The van der Waals surface area contributed by atoms with Crippen LogP contribution in [0.5, 0.6) is 0 Å². The fourth-order valence-electron chi connectivity index (χ4n) is 2.63. The summed E-state index contributed by atoms with van der Waals surface area (Å²) in [6, 6.07) is 0. The van der Waals surface area contributed by atoms with Crippen LogP contribution in [0.25, 0.3) is 5.57 Å². The number of hydrogen-bond acceptors (Lipinski definition) is 3. The molecule has 3 rings (SSSR count). The van der Waals surface area contributed by atoms with Gasteiger partial charge >= 0.3 is 0 Å². The molecule has 0 aromatic carbocycles. The smallest absolute Gasteiger partial charge is 0.237 e. The molecule has 110 valence electrons. The van der Waals surface area contributed by atoms with E-state index in [-0.39, 0.29) is 0 Å². The van der Waals surface area contributed by atoms with Crippen LogP contribution >= 0.6 is 0 Å². The van der Waals surface area contributed by atoms with Crippen LogP contribution in [0.15, 0.2) is 64.4 Å². The SMILES string of the molecule is C=C1/C=C\C2=C(C/C=C\C=C/1C)C(=O)C(=O)c1c(C)coc12. The van der Waals surface area contributed by atoms with Crippen molar-refractivity contribution < 1.29 is 14.0 Å². The summed E-state index contributed by atoms with van der Waals surface area (Å²) in [6.45, 7) is 7.76. The first-order chi connectivity index (χ1) is 10.5. The van der Waals surface area contributed by atoms with Gasteiger partial charge in [0.05, 0.1) is 11.8 Å². The number of carbonyl (C=O) groups is 2. The van der Waals surface area contributed by atoms with E-state index in [0.29, 0.717) is 34.5 Å². The number of fused-ring (bicyclic) bond motifs is 2. The Labute approximate surface area is 129 Å². The van der Waals surface area contributed by atoms with Crippen molar-refractivity contribution in [1.29, 1.82) is 0 Å². The maximum absolute atomic E-state index is 12.4. The van der Waals surface area contributed by atoms with Gasteiger partial charge < -0.3 is 4.42 Å². The van der Waals surface area contributed by atoms with Gasteiger partial charge in [-0.3, -0.25) is 9.59 Å². The van der Waals surface area contributed by atoms with E-state index in [1.165, 1.54) is 6.26 Å². The minimum atomic E-state index is -0.482. The van der Waals surface area contributed by atoms with Gasteiger partial charge in [0.25, 0.3) is 0 Å². The molecule has 1 aromatic rings. The highest BCUT2D eigenvalue weighted by Crippen LogP contribution is 2.35. The van der Waals surface area contributed by atoms with Crippen molar-refractivity contribution in [3.05, 3.63) is 76.8 Å². The number of allylic oxidation sites excluding steroid dienone is 9. The van der Waals surface area contributed by atoms with Crippen molar-refractivity contribution in [2.45, 2.75) is 20.3 Å². The van der Waals surface area contributed by atoms with Gasteiger partial charge in [0, 0.05) is 11.1 Å². The lowest BCUT2D eigenvalue weighted by molar-refractivity contribution is -0.111. The predicted molar refractivity (Wildman–Crippen MR) is 85.5 cm³/mol. The maximum atomic E-state index is 12.4. The van der Waals surface area contributed by atoms with E-state index in [9.17, 15) is 9.59 Å². The Morgan fingerprint density at radius 2 is 1.91 bits per heavy atom. The van der Waals surface area contributed by atoms with Gasteiger partial charge in [0.1, 0.15) is 5.76 Å². The normalized spacial score (nSPS) is 23.5. The lowest BCUT2D eigenvalue weighted by Gasteiger charge is -2.16. The van der Waals surface area contributed by atoms with E-state index in [1.54, 1.807) is 6.92 Å². The van der Waals surface area contributed by atoms with Crippen molar-refractivity contribution in [3.63, 3.8) is 0 Å². The Morgan fingerprint density at radius 3 is 2.68 bits per heavy atom. The van der Waals surface area contributed by atoms with Crippen LogP contribution in [0.3, 0.4) is 0 Å². The Hall–Kier alpha value is -2.68. The lowest BCUT2D eigenvalue weighted by atomic mass is 9.85. The zero-order valence-electron chi connectivity index (χ0n) is 12.6. The second-order valence-electron chi connectivity index (χ2n) is 5.51. The standard InChI is InChI=1S/C19H16O3/c1-11-6-4-5-7-14-15(9-8-12(11)2)19-16(13(3)10-22-19)18(21)17(14)20/h4-6,8-10H,2,7H2,1,3H3/b5-4-,9-8-,11-6-. The highest BCUT2D eigenvalue weighted by molar-refractivity contribution is 6.52. The van der Waals surface area contributed by atoms with E-state index >= 15 is 0 Å². The van der Waals surface area contributed by atoms with Gasteiger partial charge in [-0.05, 0) is 37.0 Å². The summed E-state index contributed by atoms with van der Waals surface area (Å²) >= 11 is 0. The molecule has 0 fully saturated rings. The number of furan rings is 1. The summed E-state index contributed by atoms with van der Waals surface area (Å²) in [6.07, 6.45) is 11.3. The first kappa shape index (κ1) is 14.3. The molecule has 3 heteroatoms. The second kappa shape index (κ2) is 5.26. The minimum Gasteiger partial charge on any atom is -0.463 e. The number of ketones is 2. The summed E-state index contributed by atoms with van der Waals surface area (Å²) in [5, 5.41) is 0. The molecule has 0 unspecified atom stereocenters. The number of hydrogen-bond donors (Lipinski definition) is 0. The van der Waals surface area contributed by atoms with Crippen molar-refractivity contribution in [3.8, 4) is 0 Å². The zero-order chi connectivity index (χ0) is 15.9. The zero-order valence-corrected chi connectivity index (χ0v) is 12.6. The van der Waals surface area contributed by atoms with Crippen molar-refractivity contribution in [2.24, 2.45) is 0 Å². The molecular formula is C19H16O3. The Bertz CT molecular complexity index is 823. The van der Waals surface area contributed by atoms with Crippen molar-refractivity contribution >= 4 is 17.1 Å². The summed E-state index contributed by atoms with van der Waals surface area (Å²) in [5.41, 5.74) is 4.12. The van der Waals surface area contributed by atoms with E-state index in [4.69, 9.17) is 4.42 Å². The van der Waals surface area contributed by atoms with E-state index in [0.717, 1.165) is 11.1 Å². The molecule has 0 saturated carbocycles. The summed E-state index contributed by atoms with van der Waals surface area (Å²) < 4.78 is 5.55. The largest absolute Gasteiger partial charge is 0.463 e. The molecule has 1 aromatic heterocycles. The Morgan fingerprint density at radius 1 is 1.14 bits per heavy atom. The molecule has 0 atom stereocenters. The molecule has 22 heavy (non-hydrogen) atoms. The quantitative estimate of drug-likeness (QED) is 0.676. The van der Waals surface area contributed by atoms with Crippen LogP contribution in [0.1, 0.15) is 35.0 Å². The topological polar surface area (TPSA) is 47.3 Å². The molecule has 2 aliphatic rings. The van der Waals surface area contributed by atoms with Crippen LogP contribution in [0, 0.1) is 6.92 Å². The molecule has 0 bridgehead atoms. The van der Waals surface area contributed by atoms with Crippen molar-refractivity contribution in [2.75, 3.05) is 0 Å². The van der Waals surface area contributed by atoms with Crippen LogP contribution in [-0.2, 0) is 4.79 Å². The highest BCUT2D eigenvalue weighted by atomic mass is 16.3. The minimum absolute atomic E-state index is 0.382. The first-order valence-corrected chi connectivity index (χ1v) is 7.12. The Kier molecular flexibility index (Phi) is 3.41. The average Bonchev–Trinajstić information content (AvgIpc) is 2.88. The number of aryl methyl sites for hydroxylation is 1. The monoisotopic (exact) mass is 292 g/mol. The van der Waals surface area contributed by atoms with Crippen LogP contribution in [-0.4, -0.2) is 11.6 Å². The molecule has 0 radical (unpaired) electrons. The number of Topliss-reactive ketones (excluding diaryl/α,β-unsaturated/α-hetero) is 2. The van der Waals surface area contributed by atoms with E-state index in [2.05, 4.69) is 6.58 Å². The molecule has 1 heterocycles. The van der Waals surface area contributed by atoms with Crippen LogP contribution in [0.4, 0.5) is 0 Å². The third-order valence-corrected chi connectivity index (χ3v) is 4.01. The molecule has 0 aliphatic heterocycles. The van der Waals surface area contributed by atoms with Gasteiger partial charge in [-0.25, -0.2) is 0 Å². The predicted octanol–water partition coefficient (Wildman–Crippen LogP) is 4.13. The van der Waals surface area contributed by atoms with Crippen LogP contribution < -0.4 is 0 Å². The van der Waals surface area contributed by atoms with Crippen molar-refractivity contribution in [1.82, 2.24) is 0 Å². The molecule has 0 spiro atoms. The fraction of sp³-hybridized carbons (Fsp3) is 0.158. The van der Waals surface area contributed by atoms with Gasteiger partial charge in [-0.2, -0.15) is 0 Å². The second-order valence-corrected chi connectivity index (χ2v) is 5.51. The third kappa shape index (κ3) is 2.15. The molecule has 0 N–H and O–H groups in total. The summed E-state index contributed by atoms with van der Waals surface area (Å²) in [4.78, 5) is 24.7. The molecule has 0 amide bonds. The highest BCUT2D eigenvalue weighted by Gasteiger charge is 2.34. The Balaban J connectivity index is 2.23. The van der Waals surface area contributed by atoms with Gasteiger partial charge in [0.2, 0.25) is 11.6 Å². The number of carbonyl (C=O) groups excluding carboxylic acids is 2. The molecule has 3 nitrogen and oxygen atoms in total. The van der Waals surface area contributed by atoms with Gasteiger partial charge in [-0.1, -0.05) is 37.0 Å². The first-order valence-electron chi connectivity index (χ1n) is 7.12.